The number of halogens is 1. The Morgan fingerprint density at radius 3 is 2.95 bits per heavy atom. The van der Waals surface area contributed by atoms with Crippen molar-refractivity contribution in [2.24, 2.45) is 5.92 Å². The number of carbonyl (C=O) groups is 1. The predicted molar refractivity (Wildman–Crippen MR) is 85.2 cm³/mol. The maximum Gasteiger partial charge on any atom is 0.252 e. The van der Waals surface area contributed by atoms with Crippen molar-refractivity contribution in [3.05, 3.63) is 50.9 Å². The van der Waals surface area contributed by atoms with Gasteiger partial charge >= 0.3 is 0 Å². The van der Waals surface area contributed by atoms with Crippen LogP contribution in [0.4, 0.5) is 0 Å². The second-order valence-corrected chi connectivity index (χ2v) is 7.11. The average Bonchev–Trinajstić information content (AvgIpc) is 3.19. The van der Waals surface area contributed by atoms with Crippen molar-refractivity contribution in [2.75, 3.05) is 6.54 Å². The molecule has 0 aromatic carbocycles. The first-order valence-electron chi connectivity index (χ1n) is 6.75. The number of amides is 1. The van der Waals surface area contributed by atoms with Crippen molar-refractivity contribution in [3.8, 4) is 0 Å². The van der Waals surface area contributed by atoms with Crippen molar-refractivity contribution in [2.45, 2.75) is 18.4 Å². The monoisotopic (exact) mass is 366 g/mol. The molecule has 2 heterocycles. The van der Waals surface area contributed by atoms with Crippen LogP contribution in [0.25, 0.3) is 0 Å². The van der Waals surface area contributed by atoms with Crippen LogP contribution in [-0.2, 0) is 5.60 Å². The van der Waals surface area contributed by atoms with Crippen LogP contribution in [0.15, 0.2) is 40.4 Å². The third-order valence-electron chi connectivity index (χ3n) is 3.69. The van der Waals surface area contributed by atoms with E-state index in [0.29, 0.717) is 5.56 Å². The molecule has 6 heteroatoms. The van der Waals surface area contributed by atoms with Gasteiger partial charge in [0.05, 0.1) is 12.1 Å². The molecule has 2 N–H and O–H groups in total. The molecule has 0 aliphatic heterocycles. The molecule has 4 nitrogen and oxygen atoms in total. The van der Waals surface area contributed by atoms with Gasteiger partial charge < -0.3 is 10.4 Å². The predicted octanol–water partition coefficient (Wildman–Crippen LogP) is 2.93. The van der Waals surface area contributed by atoms with Crippen LogP contribution in [0.2, 0.25) is 0 Å². The molecule has 0 unspecified atom stereocenters. The van der Waals surface area contributed by atoms with Gasteiger partial charge in [-0.1, -0.05) is 6.07 Å². The summed E-state index contributed by atoms with van der Waals surface area (Å²) >= 11 is 4.82. The Labute approximate surface area is 135 Å². The smallest absolute Gasteiger partial charge is 0.252 e. The molecule has 21 heavy (non-hydrogen) atoms. The highest BCUT2D eigenvalue weighted by molar-refractivity contribution is 9.10. The minimum Gasteiger partial charge on any atom is -0.382 e. The van der Waals surface area contributed by atoms with Crippen molar-refractivity contribution >= 4 is 33.2 Å². The number of aliphatic hydroxyl groups is 1. The van der Waals surface area contributed by atoms with Crippen LogP contribution >= 0.6 is 27.3 Å². The van der Waals surface area contributed by atoms with Crippen LogP contribution in [0.3, 0.4) is 0 Å². The van der Waals surface area contributed by atoms with Gasteiger partial charge in [-0.05, 0) is 52.2 Å². The quantitative estimate of drug-likeness (QED) is 0.854. The summed E-state index contributed by atoms with van der Waals surface area (Å²) in [4.78, 5) is 17.1. The van der Waals surface area contributed by atoms with Gasteiger partial charge in [-0.25, -0.2) is 0 Å². The second-order valence-electron chi connectivity index (χ2n) is 5.25. The standard InChI is InChI=1S/C15H15BrN2O2S/c16-12-6-10(7-17-8-12)14(19)18-9-15(20,11-3-4-11)13-2-1-5-21-13/h1-2,5-8,11,20H,3-4,9H2,(H,18,19)/t15-/m1/s1. The Morgan fingerprint density at radius 2 is 2.33 bits per heavy atom. The van der Waals surface area contributed by atoms with E-state index in [1.54, 1.807) is 12.3 Å². The molecule has 1 aliphatic carbocycles. The van der Waals surface area contributed by atoms with E-state index in [9.17, 15) is 9.90 Å². The molecule has 0 spiro atoms. The molecule has 110 valence electrons. The zero-order chi connectivity index (χ0) is 14.9. The fourth-order valence-corrected chi connectivity index (χ4v) is 3.64. The Bertz CT molecular complexity index is 643. The summed E-state index contributed by atoms with van der Waals surface area (Å²) in [6.45, 7) is 0.226. The average molecular weight is 367 g/mol. The minimum atomic E-state index is -0.955. The molecule has 2 aromatic heterocycles. The number of aromatic nitrogens is 1. The van der Waals surface area contributed by atoms with E-state index < -0.39 is 5.60 Å². The summed E-state index contributed by atoms with van der Waals surface area (Å²) in [5.74, 6) is 0.0107. The van der Waals surface area contributed by atoms with Crippen molar-refractivity contribution in [1.82, 2.24) is 10.3 Å². The number of nitrogens with one attached hydrogen (secondary N) is 1. The fraction of sp³-hybridized carbons (Fsp3) is 0.333. The minimum absolute atomic E-state index is 0.223. The number of hydrogen-bond acceptors (Lipinski definition) is 4. The lowest BCUT2D eigenvalue weighted by Crippen LogP contribution is -2.42. The summed E-state index contributed by atoms with van der Waals surface area (Å²) in [5, 5.41) is 15.7. The van der Waals surface area contributed by atoms with Gasteiger partial charge in [0.15, 0.2) is 0 Å². The lowest BCUT2D eigenvalue weighted by Gasteiger charge is -2.27. The summed E-state index contributed by atoms with van der Waals surface area (Å²) in [5.41, 5.74) is -0.475. The van der Waals surface area contributed by atoms with Gasteiger partial charge in [0, 0.05) is 21.7 Å². The molecule has 2 aromatic rings. The molecule has 0 radical (unpaired) electrons. The van der Waals surface area contributed by atoms with Gasteiger partial charge in [0.2, 0.25) is 0 Å². The molecule has 1 atom stereocenters. The largest absolute Gasteiger partial charge is 0.382 e. The molecule has 3 rings (SSSR count). The third kappa shape index (κ3) is 3.17. The van der Waals surface area contributed by atoms with E-state index in [2.05, 4.69) is 26.2 Å². The highest BCUT2D eigenvalue weighted by Crippen LogP contribution is 2.46. The molecule has 0 saturated heterocycles. The number of nitrogens with zero attached hydrogens (tertiary/aromatic N) is 1. The first-order valence-corrected chi connectivity index (χ1v) is 8.42. The molecule has 1 saturated carbocycles. The normalized spacial score (nSPS) is 17.2. The van der Waals surface area contributed by atoms with Gasteiger partial charge in [-0.2, -0.15) is 0 Å². The summed E-state index contributed by atoms with van der Waals surface area (Å²) < 4.78 is 0.755. The topological polar surface area (TPSA) is 62.2 Å². The zero-order valence-corrected chi connectivity index (χ0v) is 13.7. The van der Waals surface area contributed by atoms with Crippen LogP contribution in [-0.4, -0.2) is 22.5 Å². The second kappa shape index (κ2) is 5.87. The van der Waals surface area contributed by atoms with E-state index in [1.807, 2.05) is 17.5 Å². The molecule has 1 fully saturated rings. The van der Waals surface area contributed by atoms with E-state index in [4.69, 9.17) is 0 Å². The number of pyridine rings is 1. The first kappa shape index (κ1) is 14.7. The summed E-state index contributed by atoms with van der Waals surface area (Å²) in [7, 11) is 0. The van der Waals surface area contributed by atoms with Crippen molar-refractivity contribution in [1.29, 1.82) is 0 Å². The van der Waals surface area contributed by atoms with Gasteiger partial charge in [0.1, 0.15) is 5.60 Å². The Kier molecular flexibility index (Phi) is 4.10. The maximum absolute atomic E-state index is 12.2. The summed E-state index contributed by atoms with van der Waals surface area (Å²) in [6, 6.07) is 5.56. The SMILES string of the molecule is O=C(NC[C@](O)(c1cccs1)C1CC1)c1cncc(Br)c1. The first-order chi connectivity index (χ1) is 10.1. The van der Waals surface area contributed by atoms with Gasteiger partial charge in [0.25, 0.3) is 5.91 Å². The lowest BCUT2D eigenvalue weighted by atomic mass is 9.95. The van der Waals surface area contributed by atoms with Crippen LogP contribution < -0.4 is 5.32 Å². The van der Waals surface area contributed by atoms with E-state index in [-0.39, 0.29) is 18.4 Å². The molecular formula is C15H15BrN2O2S. The maximum atomic E-state index is 12.2. The molecular weight excluding hydrogens is 352 g/mol. The number of carbonyl (C=O) groups excluding carboxylic acids is 1. The lowest BCUT2D eigenvalue weighted by molar-refractivity contribution is 0.0169. The number of rotatable bonds is 5. The summed E-state index contributed by atoms with van der Waals surface area (Å²) in [6.07, 6.45) is 5.15. The molecule has 1 amide bonds. The third-order valence-corrected chi connectivity index (χ3v) is 5.16. The zero-order valence-electron chi connectivity index (χ0n) is 11.3. The molecule has 0 bridgehead atoms. The van der Waals surface area contributed by atoms with E-state index in [0.717, 1.165) is 22.2 Å². The van der Waals surface area contributed by atoms with Crippen molar-refractivity contribution in [3.63, 3.8) is 0 Å². The number of thiophene rings is 1. The van der Waals surface area contributed by atoms with Gasteiger partial charge in [-0.15, -0.1) is 11.3 Å². The fourth-order valence-electron chi connectivity index (χ4n) is 2.37. The van der Waals surface area contributed by atoms with Gasteiger partial charge in [-0.3, -0.25) is 9.78 Å². The highest BCUT2D eigenvalue weighted by atomic mass is 79.9. The van der Waals surface area contributed by atoms with Crippen LogP contribution in [0.5, 0.6) is 0 Å². The van der Waals surface area contributed by atoms with E-state index in [1.165, 1.54) is 17.5 Å². The van der Waals surface area contributed by atoms with E-state index >= 15 is 0 Å². The highest BCUT2D eigenvalue weighted by Gasteiger charge is 2.45. The molecule has 1 aliphatic rings. The Morgan fingerprint density at radius 1 is 1.52 bits per heavy atom. The number of hydrogen-bond donors (Lipinski definition) is 2. The Hall–Kier alpha value is -1.24. The van der Waals surface area contributed by atoms with Crippen LogP contribution in [0, 0.1) is 5.92 Å². The van der Waals surface area contributed by atoms with Crippen LogP contribution in [0.1, 0.15) is 28.1 Å². The van der Waals surface area contributed by atoms with Crippen molar-refractivity contribution < 1.29 is 9.90 Å². The Balaban J connectivity index is 1.72.